The molecule has 0 aliphatic heterocycles. The van der Waals surface area contributed by atoms with Crippen LogP contribution < -0.4 is 4.74 Å². The minimum absolute atomic E-state index is 0.0749. The molecule has 0 atom stereocenters. The van der Waals surface area contributed by atoms with Gasteiger partial charge in [0.05, 0.1) is 0 Å². The molecule has 0 aliphatic carbocycles. The van der Waals surface area contributed by atoms with Crippen LogP contribution in [0.3, 0.4) is 0 Å². The molecule has 0 spiro atoms. The number of hydrogen-bond acceptors (Lipinski definition) is 2. The van der Waals surface area contributed by atoms with Crippen molar-refractivity contribution in [3.05, 3.63) is 52.9 Å². The molecule has 2 aromatic rings. The predicted octanol–water partition coefficient (Wildman–Crippen LogP) is 4.05. The Bertz CT molecular complexity index is 617. The lowest BCUT2D eigenvalue weighted by molar-refractivity contribution is 0.343. The first-order valence-electron chi connectivity index (χ1n) is 5.35. The van der Waals surface area contributed by atoms with Crippen molar-refractivity contribution in [3.8, 4) is 11.5 Å². The van der Waals surface area contributed by atoms with Crippen molar-refractivity contribution in [1.29, 1.82) is 0 Å². The van der Waals surface area contributed by atoms with Crippen molar-refractivity contribution in [1.82, 2.24) is 4.98 Å². The first-order valence-corrected chi connectivity index (χ1v) is 5.35. The maximum Gasteiger partial charge on any atom is 0.255 e. The number of aryl methyl sites for hydroxylation is 2. The van der Waals surface area contributed by atoms with E-state index in [2.05, 4.69) is 4.98 Å². The molecule has 0 N–H and O–H groups in total. The number of nitrogens with zero attached hydrogens (tertiary/aromatic N) is 1. The molecule has 0 amide bonds. The van der Waals surface area contributed by atoms with Crippen molar-refractivity contribution in [2.24, 2.45) is 0 Å². The van der Waals surface area contributed by atoms with Gasteiger partial charge in [-0.25, -0.2) is 0 Å². The SMILES string of the molecule is Cc1ccc(Oc2c(F)c(F)nc(F)c2F)cc1C. The minimum atomic E-state index is -1.75. The molecule has 100 valence electrons. The maximum absolute atomic E-state index is 13.3. The van der Waals surface area contributed by atoms with Gasteiger partial charge in [-0.3, -0.25) is 0 Å². The monoisotopic (exact) mass is 271 g/mol. The summed E-state index contributed by atoms with van der Waals surface area (Å²) in [5, 5.41) is 0. The van der Waals surface area contributed by atoms with Crippen LogP contribution >= 0.6 is 0 Å². The van der Waals surface area contributed by atoms with E-state index in [1.54, 1.807) is 13.0 Å². The number of rotatable bonds is 2. The first-order chi connectivity index (χ1) is 8.90. The number of ether oxygens (including phenoxy) is 1. The average molecular weight is 271 g/mol. The van der Waals surface area contributed by atoms with Crippen LogP contribution in [0.15, 0.2) is 18.2 Å². The highest BCUT2D eigenvalue weighted by molar-refractivity contribution is 5.37. The summed E-state index contributed by atoms with van der Waals surface area (Å²) in [6.07, 6.45) is 0. The third kappa shape index (κ3) is 2.52. The molecule has 0 unspecified atom stereocenters. The van der Waals surface area contributed by atoms with Gasteiger partial charge in [0.1, 0.15) is 5.75 Å². The Morgan fingerprint density at radius 2 is 1.47 bits per heavy atom. The Balaban J connectivity index is 2.46. The smallest absolute Gasteiger partial charge is 0.255 e. The van der Waals surface area contributed by atoms with Gasteiger partial charge >= 0.3 is 0 Å². The van der Waals surface area contributed by atoms with Gasteiger partial charge in [-0.2, -0.15) is 22.5 Å². The molecule has 0 fully saturated rings. The Kier molecular flexibility index (Phi) is 3.42. The number of halogens is 4. The molecule has 1 heterocycles. The minimum Gasteiger partial charge on any atom is -0.451 e. The zero-order valence-corrected chi connectivity index (χ0v) is 10.1. The van der Waals surface area contributed by atoms with Crippen molar-refractivity contribution < 1.29 is 22.3 Å². The predicted molar refractivity (Wildman–Crippen MR) is 60.1 cm³/mol. The first kappa shape index (κ1) is 13.3. The van der Waals surface area contributed by atoms with Crippen LogP contribution in [0, 0.1) is 37.4 Å². The van der Waals surface area contributed by atoms with Crippen LogP contribution in [0.4, 0.5) is 17.6 Å². The molecule has 0 aliphatic rings. The lowest BCUT2D eigenvalue weighted by Crippen LogP contribution is -2.03. The highest BCUT2D eigenvalue weighted by Crippen LogP contribution is 2.30. The number of hydrogen-bond donors (Lipinski definition) is 0. The van der Waals surface area contributed by atoms with Gasteiger partial charge in [0, 0.05) is 0 Å². The molecule has 1 aromatic carbocycles. The van der Waals surface area contributed by atoms with Gasteiger partial charge in [-0.05, 0) is 37.1 Å². The summed E-state index contributed by atoms with van der Waals surface area (Å²) >= 11 is 0. The molecule has 2 nitrogen and oxygen atoms in total. The summed E-state index contributed by atoms with van der Waals surface area (Å²) in [4.78, 5) is 2.44. The van der Waals surface area contributed by atoms with Crippen LogP contribution in [0.5, 0.6) is 11.5 Å². The van der Waals surface area contributed by atoms with E-state index in [9.17, 15) is 17.6 Å². The van der Waals surface area contributed by atoms with Crippen LogP contribution in [0.2, 0.25) is 0 Å². The largest absolute Gasteiger partial charge is 0.451 e. The Morgan fingerprint density at radius 1 is 0.895 bits per heavy atom. The summed E-state index contributed by atoms with van der Waals surface area (Å²) in [7, 11) is 0. The second-order valence-electron chi connectivity index (χ2n) is 4.00. The van der Waals surface area contributed by atoms with Gasteiger partial charge in [0.2, 0.25) is 17.4 Å². The van der Waals surface area contributed by atoms with Gasteiger partial charge in [-0.1, -0.05) is 6.07 Å². The van der Waals surface area contributed by atoms with E-state index in [1.165, 1.54) is 12.1 Å². The van der Waals surface area contributed by atoms with Gasteiger partial charge in [0.25, 0.3) is 11.9 Å². The molecule has 2 rings (SSSR count). The Labute approximate surface area is 106 Å². The second-order valence-corrected chi connectivity index (χ2v) is 4.00. The highest BCUT2D eigenvalue weighted by Gasteiger charge is 2.22. The van der Waals surface area contributed by atoms with Crippen LogP contribution in [0.1, 0.15) is 11.1 Å². The normalized spacial score (nSPS) is 10.6. The molecular weight excluding hydrogens is 262 g/mol. The molecule has 0 bridgehead atoms. The van der Waals surface area contributed by atoms with Crippen molar-refractivity contribution >= 4 is 0 Å². The molecule has 0 radical (unpaired) electrons. The van der Waals surface area contributed by atoms with Gasteiger partial charge in [-0.15, -0.1) is 0 Å². The second kappa shape index (κ2) is 4.87. The maximum atomic E-state index is 13.3. The quantitative estimate of drug-likeness (QED) is 0.607. The molecular formula is C13H9F4NO. The van der Waals surface area contributed by atoms with Crippen molar-refractivity contribution in [2.45, 2.75) is 13.8 Å². The molecule has 0 saturated carbocycles. The van der Waals surface area contributed by atoms with E-state index in [0.717, 1.165) is 11.1 Å². The summed E-state index contributed by atoms with van der Waals surface area (Å²) in [6.45, 7) is 3.61. The molecule has 6 heteroatoms. The zero-order chi connectivity index (χ0) is 14.2. The van der Waals surface area contributed by atoms with E-state index in [1.807, 2.05) is 6.92 Å². The summed E-state index contributed by atoms with van der Waals surface area (Å²) in [6, 6.07) is 4.61. The van der Waals surface area contributed by atoms with E-state index in [0.29, 0.717) is 0 Å². The standard InChI is InChI=1S/C13H9F4NO/c1-6-3-4-8(5-7(6)2)19-11-9(14)12(16)18-13(17)10(11)15/h3-5H,1-2H3. The summed E-state index contributed by atoms with van der Waals surface area (Å²) in [5.41, 5.74) is 1.76. The fraction of sp³-hybridized carbons (Fsp3) is 0.154. The van der Waals surface area contributed by atoms with Crippen LogP contribution in [-0.2, 0) is 0 Å². The fourth-order valence-corrected chi connectivity index (χ4v) is 1.45. The number of pyridine rings is 1. The van der Waals surface area contributed by atoms with Crippen LogP contribution in [0.25, 0.3) is 0 Å². The Morgan fingerprint density at radius 3 is 2.00 bits per heavy atom. The molecule has 1 aromatic heterocycles. The van der Waals surface area contributed by atoms with Crippen molar-refractivity contribution in [2.75, 3.05) is 0 Å². The van der Waals surface area contributed by atoms with E-state index < -0.39 is 29.3 Å². The average Bonchev–Trinajstić information content (AvgIpc) is 2.36. The van der Waals surface area contributed by atoms with E-state index in [-0.39, 0.29) is 5.75 Å². The zero-order valence-electron chi connectivity index (χ0n) is 10.1. The lowest BCUT2D eigenvalue weighted by Gasteiger charge is -2.10. The Hall–Kier alpha value is -2.11. The van der Waals surface area contributed by atoms with Crippen LogP contribution in [-0.4, -0.2) is 4.98 Å². The molecule has 19 heavy (non-hydrogen) atoms. The van der Waals surface area contributed by atoms with Gasteiger partial charge < -0.3 is 4.74 Å². The third-order valence-electron chi connectivity index (χ3n) is 2.66. The number of aromatic nitrogens is 1. The van der Waals surface area contributed by atoms with E-state index >= 15 is 0 Å². The van der Waals surface area contributed by atoms with E-state index in [4.69, 9.17) is 4.74 Å². The molecule has 0 saturated heterocycles. The topological polar surface area (TPSA) is 22.1 Å². The van der Waals surface area contributed by atoms with Gasteiger partial charge in [0.15, 0.2) is 0 Å². The van der Waals surface area contributed by atoms with Crippen molar-refractivity contribution in [3.63, 3.8) is 0 Å². The summed E-state index contributed by atoms with van der Waals surface area (Å²) < 4.78 is 57.3. The lowest BCUT2D eigenvalue weighted by atomic mass is 10.1. The summed E-state index contributed by atoms with van der Waals surface area (Å²) in [5.74, 6) is -7.91. The fourth-order valence-electron chi connectivity index (χ4n) is 1.45. The number of benzene rings is 1. The highest BCUT2D eigenvalue weighted by atomic mass is 19.2. The third-order valence-corrected chi connectivity index (χ3v) is 2.66.